The van der Waals surface area contributed by atoms with Crippen LogP contribution in [-0.2, 0) is 10.3 Å². The minimum Gasteiger partial charge on any atom is -0.392 e. The summed E-state index contributed by atoms with van der Waals surface area (Å²) in [5.41, 5.74) is 0.701. The van der Waals surface area contributed by atoms with Crippen molar-refractivity contribution >= 4 is 11.7 Å². The standard InChI is InChI=1S/C14H24N4O2/c1-10-7-12(18(16-10)14(2,3)4)15-13(20)9-17-6-5-11(19)8-17/h7,11,19H,5-6,8-9H2,1-4H3,(H,15,20)/t11-/m0/s1. The summed E-state index contributed by atoms with van der Waals surface area (Å²) < 4.78 is 1.83. The number of carbonyl (C=O) groups excluding carboxylic acids is 1. The smallest absolute Gasteiger partial charge is 0.239 e. The van der Waals surface area contributed by atoms with Gasteiger partial charge in [0.1, 0.15) is 5.82 Å². The molecule has 1 aliphatic heterocycles. The van der Waals surface area contributed by atoms with E-state index in [0.29, 0.717) is 13.1 Å². The molecule has 0 spiro atoms. The first-order valence-corrected chi connectivity index (χ1v) is 7.03. The number of hydrogen-bond donors (Lipinski definition) is 2. The molecule has 1 aliphatic rings. The van der Waals surface area contributed by atoms with Crippen molar-refractivity contribution in [3.8, 4) is 0 Å². The number of aryl methyl sites for hydroxylation is 1. The molecule has 112 valence electrons. The van der Waals surface area contributed by atoms with Gasteiger partial charge < -0.3 is 10.4 Å². The lowest BCUT2D eigenvalue weighted by Crippen LogP contribution is -2.34. The van der Waals surface area contributed by atoms with E-state index in [1.54, 1.807) is 0 Å². The molecule has 1 fully saturated rings. The van der Waals surface area contributed by atoms with Gasteiger partial charge in [-0.2, -0.15) is 5.10 Å². The van der Waals surface area contributed by atoms with Crippen molar-refractivity contribution in [3.05, 3.63) is 11.8 Å². The molecule has 1 aromatic heterocycles. The normalized spacial score (nSPS) is 20.4. The first kappa shape index (κ1) is 15.0. The van der Waals surface area contributed by atoms with Gasteiger partial charge in [-0.1, -0.05) is 0 Å². The van der Waals surface area contributed by atoms with Crippen LogP contribution < -0.4 is 5.32 Å². The molecule has 0 aliphatic carbocycles. The maximum Gasteiger partial charge on any atom is 0.239 e. The third kappa shape index (κ3) is 3.58. The highest BCUT2D eigenvalue weighted by Gasteiger charge is 2.24. The lowest BCUT2D eigenvalue weighted by molar-refractivity contribution is -0.117. The van der Waals surface area contributed by atoms with Gasteiger partial charge >= 0.3 is 0 Å². The van der Waals surface area contributed by atoms with Gasteiger partial charge in [0.25, 0.3) is 0 Å². The molecule has 2 heterocycles. The second kappa shape index (κ2) is 5.54. The number of amides is 1. The van der Waals surface area contributed by atoms with Crippen LogP contribution in [0.5, 0.6) is 0 Å². The van der Waals surface area contributed by atoms with Crippen LogP contribution in [0.4, 0.5) is 5.82 Å². The van der Waals surface area contributed by atoms with Crippen molar-refractivity contribution in [1.82, 2.24) is 14.7 Å². The number of likely N-dealkylation sites (tertiary alicyclic amines) is 1. The maximum absolute atomic E-state index is 12.1. The molecule has 0 saturated carbocycles. The average molecular weight is 280 g/mol. The molecule has 0 unspecified atom stereocenters. The van der Waals surface area contributed by atoms with Gasteiger partial charge in [0, 0.05) is 19.2 Å². The lowest BCUT2D eigenvalue weighted by atomic mass is 10.1. The first-order valence-electron chi connectivity index (χ1n) is 7.03. The molecule has 6 heteroatoms. The number of aliphatic hydroxyl groups is 1. The Hall–Kier alpha value is -1.40. The quantitative estimate of drug-likeness (QED) is 0.865. The maximum atomic E-state index is 12.1. The summed E-state index contributed by atoms with van der Waals surface area (Å²) in [7, 11) is 0. The van der Waals surface area contributed by atoms with E-state index >= 15 is 0 Å². The Balaban J connectivity index is 2.01. The zero-order valence-corrected chi connectivity index (χ0v) is 12.7. The molecule has 2 N–H and O–H groups in total. The number of carbonyl (C=O) groups is 1. The summed E-state index contributed by atoms with van der Waals surface area (Å²) in [4.78, 5) is 14.1. The summed E-state index contributed by atoms with van der Waals surface area (Å²) in [5, 5.41) is 16.8. The molecular weight excluding hydrogens is 256 g/mol. The molecule has 2 rings (SSSR count). The van der Waals surface area contributed by atoms with Crippen molar-refractivity contribution in [2.45, 2.75) is 45.8 Å². The zero-order chi connectivity index (χ0) is 14.9. The van der Waals surface area contributed by atoms with Crippen molar-refractivity contribution in [1.29, 1.82) is 0 Å². The Morgan fingerprint density at radius 1 is 1.55 bits per heavy atom. The van der Waals surface area contributed by atoms with E-state index in [-0.39, 0.29) is 17.6 Å². The third-order valence-electron chi connectivity index (χ3n) is 3.35. The fraction of sp³-hybridized carbons (Fsp3) is 0.714. The summed E-state index contributed by atoms with van der Waals surface area (Å²) >= 11 is 0. The van der Waals surface area contributed by atoms with Crippen LogP contribution in [0.25, 0.3) is 0 Å². The van der Waals surface area contributed by atoms with E-state index in [0.717, 1.165) is 24.5 Å². The predicted octanol–water partition coefficient (Wildman–Crippen LogP) is 0.952. The van der Waals surface area contributed by atoms with E-state index < -0.39 is 0 Å². The number of aromatic nitrogens is 2. The van der Waals surface area contributed by atoms with Gasteiger partial charge in [0.05, 0.1) is 23.9 Å². The van der Waals surface area contributed by atoms with E-state index in [1.165, 1.54) is 0 Å². The second-order valence-electron chi connectivity index (χ2n) is 6.48. The van der Waals surface area contributed by atoms with Crippen molar-refractivity contribution in [3.63, 3.8) is 0 Å². The van der Waals surface area contributed by atoms with Crippen LogP contribution in [0.15, 0.2) is 6.07 Å². The number of anilines is 1. The van der Waals surface area contributed by atoms with E-state index in [2.05, 4.69) is 10.4 Å². The Kier molecular flexibility index (Phi) is 4.15. The predicted molar refractivity (Wildman–Crippen MR) is 77.7 cm³/mol. The second-order valence-corrected chi connectivity index (χ2v) is 6.48. The Morgan fingerprint density at radius 3 is 2.80 bits per heavy atom. The highest BCUT2D eigenvalue weighted by molar-refractivity contribution is 5.91. The number of aliphatic hydroxyl groups excluding tert-OH is 1. The van der Waals surface area contributed by atoms with Crippen molar-refractivity contribution in [2.24, 2.45) is 0 Å². The Bertz CT molecular complexity index is 490. The van der Waals surface area contributed by atoms with Crippen LogP contribution in [0, 0.1) is 6.92 Å². The first-order chi connectivity index (χ1) is 9.25. The minimum absolute atomic E-state index is 0.0653. The Morgan fingerprint density at radius 2 is 2.25 bits per heavy atom. The molecule has 0 aromatic carbocycles. The number of β-amino-alcohol motifs (C(OH)–C–C–N with tert-alkyl or cyclic N) is 1. The van der Waals surface area contributed by atoms with Crippen LogP contribution >= 0.6 is 0 Å². The minimum atomic E-state index is -0.301. The van der Waals surface area contributed by atoms with Gasteiger partial charge in [0.2, 0.25) is 5.91 Å². The van der Waals surface area contributed by atoms with Crippen molar-refractivity contribution < 1.29 is 9.90 Å². The molecule has 1 saturated heterocycles. The Labute approximate surface area is 119 Å². The molecule has 6 nitrogen and oxygen atoms in total. The molecule has 1 aromatic rings. The topological polar surface area (TPSA) is 70.4 Å². The SMILES string of the molecule is Cc1cc(NC(=O)CN2CC[C@H](O)C2)n(C(C)(C)C)n1. The van der Waals surface area contributed by atoms with Crippen LogP contribution in [0.3, 0.4) is 0 Å². The zero-order valence-electron chi connectivity index (χ0n) is 12.7. The molecule has 20 heavy (non-hydrogen) atoms. The molecule has 0 bridgehead atoms. The highest BCUT2D eigenvalue weighted by Crippen LogP contribution is 2.21. The van der Waals surface area contributed by atoms with Crippen LogP contribution in [-0.4, -0.2) is 51.4 Å². The van der Waals surface area contributed by atoms with E-state index in [4.69, 9.17) is 0 Å². The average Bonchev–Trinajstić information content (AvgIpc) is 2.84. The number of hydrogen-bond acceptors (Lipinski definition) is 4. The number of nitrogens with zero attached hydrogens (tertiary/aromatic N) is 3. The van der Waals surface area contributed by atoms with Gasteiger partial charge in [0.15, 0.2) is 0 Å². The lowest BCUT2D eigenvalue weighted by Gasteiger charge is -2.23. The summed E-state index contributed by atoms with van der Waals surface area (Å²) in [6.07, 6.45) is 0.442. The monoisotopic (exact) mass is 280 g/mol. The fourth-order valence-electron chi connectivity index (χ4n) is 2.44. The van der Waals surface area contributed by atoms with Gasteiger partial charge in [-0.15, -0.1) is 0 Å². The summed E-state index contributed by atoms with van der Waals surface area (Å²) in [6, 6.07) is 1.88. The molecule has 1 atom stereocenters. The number of nitrogens with one attached hydrogen (secondary N) is 1. The van der Waals surface area contributed by atoms with Gasteiger partial charge in [-0.3, -0.25) is 9.69 Å². The molecule has 1 amide bonds. The van der Waals surface area contributed by atoms with E-state index in [1.807, 2.05) is 43.3 Å². The summed E-state index contributed by atoms with van der Waals surface area (Å²) in [6.45, 7) is 9.71. The van der Waals surface area contributed by atoms with Crippen molar-refractivity contribution in [2.75, 3.05) is 25.0 Å². The van der Waals surface area contributed by atoms with E-state index in [9.17, 15) is 9.90 Å². The summed E-state index contributed by atoms with van der Waals surface area (Å²) in [5.74, 6) is 0.657. The van der Waals surface area contributed by atoms with Crippen LogP contribution in [0.2, 0.25) is 0 Å². The number of rotatable bonds is 3. The third-order valence-corrected chi connectivity index (χ3v) is 3.35. The van der Waals surface area contributed by atoms with Gasteiger partial charge in [-0.05, 0) is 34.1 Å². The van der Waals surface area contributed by atoms with Crippen LogP contribution in [0.1, 0.15) is 32.9 Å². The largest absolute Gasteiger partial charge is 0.392 e. The molecule has 0 radical (unpaired) electrons. The molecular formula is C14H24N4O2. The van der Waals surface area contributed by atoms with Gasteiger partial charge in [-0.25, -0.2) is 4.68 Å². The fourth-order valence-corrected chi connectivity index (χ4v) is 2.44. The highest BCUT2D eigenvalue weighted by atomic mass is 16.3.